The molecule has 0 aliphatic heterocycles. The first-order chi connectivity index (χ1) is 13.2. The molecule has 1 aliphatic rings. The predicted molar refractivity (Wildman–Crippen MR) is 103 cm³/mol. The summed E-state index contributed by atoms with van der Waals surface area (Å²) in [5.74, 6) is 0.00378. The number of benzene rings is 1. The Morgan fingerprint density at radius 1 is 1.26 bits per heavy atom. The zero-order valence-corrected chi connectivity index (χ0v) is 15.8. The van der Waals surface area contributed by atoms with Crippen molar-refractivity contribution < 1.29 is 13.5 Å². The van der Waals surface area contributed by atoms with E-state index in [0.29, 0.717) is 23.2 Å². The van der Waals surface area contributed by atoms with Crippen LogP contribution in [0.1, 0.15) is 56.6 Å². The Morgan fingerprint density at radius 2 is 2.04 bits per heavy atom. The highest BCUT2D eigenvalue weighted by Gasteiger charge is 2.28. The van der Waals surface area contributed by atoms with Crippen molar-refractivity contribution in [2.24, 2.45) is 11.8 Å². The largest absolute Gasteiger partial charge is 0.497 e. The van der Waals surface area contributed by atoms with Gasteiger partial charge in [-0.3, -0.25) is 13.6 Å². The quantitative estimate of drug-likeness (QED) is 0.673. The van der Waals surface area contributed by atoms with Gasteiger partial charge < -0.3 is 9.72 Å². The fourth-order valence-electron chi connectivity index (χ4n) is 4.23. The van der Waals surface area contributed by atoms with E-state index < -0.39 is 30.7 Å². The van der Waals surface area contributed by atoms with Gasteiger partial charge in [-0.1, -0.05) is 38.5 Å². The summed E-state index contributed by atoms with van der Waals surface area (Å²) in [6.45, 7) is -1.42. The van der Waals surface area contributed by atoms with Crippen LogP contribution in [0.3, 0.4) is 0 Å². The van der Waals surface area contributed by atoms with E-state index in [0.717, 1.165) is 18.8 Å². The molecule has 1 aliphatic carbocycles. The number of alkyl halides is 2. The summed E-state index contributed by atoms with van der Waals surface area (Å²) in [6.07, 6.45) is 7.60. The number of ether oxygens (including phenoxy) is 1. The Morgan fingerprint density at radius 3 is 2.70 bits per heavy atom. The van der Waals surface area contributed by atoms with E-state index in [-0.39, 0.29) is 5.69 Å². The van der Waals surface area contributed by atoms with Crippen LogP contribution in [0.15, 0.2) is 23.0 Å². The number of H-pyrrole nitrogens is 1. The van der Waals surface area contributed by atoms with Gasteiger partial charge in [-0.25, -0.2) is 4.98 Å². The third-order valence-electron chi connectivity index (χ3n) is 5.87. The molecule has 3 rings (SSSR count). The number of methoxy groups -OCH3 is 1. The van der Waals surface area contributed by atoms with Gasteiger partial charge in [0.15, 0.2) is 0 Å². The lowest BCUT2D eigenvalue weighted by Crippen LogP contribution is -2.26. The highest BCUT2D eigenvalue weighted by atomic mass is 19.1. The van der Waals surface area contributed by atoms with Gasteiger partial charge in [0.2, 0.25) is 0 Å². The molecule has 1 aromatic heterocycles. The van der Waals surface area contributed by atoms with Crippen molar-refractivity contribution >= 4 is 11.0 Å². The van der Waals surface area contributed by atoms with Crippen molar-refractivity contribution in [3.63, 3.8) is 0 Å². The molecule has 1 fully saturated rings. The lowest BCUT2D eigenvalue weighted by molar-refractivity contribution is 0.246. The second-order valence-electron chi connectivity index (χ2n) is 7.59. The molecule has 0 spiro atoms. The van der Waals surface area contributed by atoms with Crippen LogP contribution in [0, 0.1) is 11.8 Å². The molecule has 0 amide bonds. The van der Waals surface area contributed by atoms with E-state index in [4.69, 9.17) is 4.74 Å². The third-order valence-corrected chi connectivity index (χ3v) is 5.87. The number of aromatic amines is 1. The molecule has 1 aromatic carbocycles. The van der Waals surface area contributed by atoms with Crippen LogP contribution in [0.5, 0.6) is 5.75 Å². The summed E-state index contributed by atoms with van der Waals surface area (Å²) in [7, 11) is 1.54. The minimum Gasteiger partial charge on any atom is -0.497 e. The summed E-state index contributed by atoms with van der Waals surface area (Å²) in [5, 5.41) is 0. The Bertz CT molecular complexity index is 802. The van der Waals surface area contributed by atoms with Gasteiger partial charge in [-0.15, -0.1) is 0 Å². The van der Waals surface area contributed by atoms with E-state index >= 15 is 0 Å². The molecule has 1 heterocycles. The summed E-state index contributed by atoms with van der Waals surface area (Å²) in [6, 6.07) is 5.12. The highest BCUT2D eigenvalue weighted by molar-refractivity contribution is 5.75. The van der Waals surface area contributed by atoms with Crippen LogP contribution in [-0.2, 0) is 0 Å². The maximum atomic E-state index is 13.8. The predicted octanol–water partition coefficient (Wildman–Crippen LogP) is 4.93. The third kappa shape index (κ3) is 4.66. The average Bonchev–Trinajstić information content (AvgIpc) is 3.20. The molecule has 2 unspecified atom stereocenters. The Balaban J connectivity index is 1.77. The first-order valence-corrected chi connectivity index (χ1v) is 9.86. The van der Waals surface area contributed by atoms with Crippen LogP contribution in [-0.4, -0.2) is 30.4 Å². The number of hydrogen-bond donors (Lipinski definition) is 1. The summed E-state index contributed by atoms with van der Waals surface area (Å²) >= 11 is 0. The van der Waals surface area contributed by atoms with Gasteiger partial charge in [-0.2, -0.15) is 0 Å². The Labute approximate surface area is 158 Å². The van der Waals surface area contributed by atoms with Gasteiger partial charge in [0.25, 0.3) is 5.56 Å². The SMILES string of the molecule is COc1ccc2nc(C(CF)C(CF)CCCC3CCCC3)c(=O)[nH]c2c1. The van der Waals surface area contributed by atoms with Crippen LogP contribution in [0.4, 0.5) is 8.78 Å². The topological polar surface area (TPSA) is 55.0 Å². The minimum atomic E-state index is -0.811. The smallest absolute Gasteiger partial charge is 0.270 e. The molecule has 0 bridgehead atoms. The lowest BCUT2D eigenvalue weighted by atomic mass is 9.86. The number of halogens is 2. The zero-order chi connectivity index (χ0) is 19.2. The number of nitrogens with zero attached hydrogens (tertiary/aromatic N) is 1. The van der Waals surface area contributed by atoms with Crippen LogP contribution in [0.2, 0.25) is 0 Å². The van der Waals surface area contributed by atoms with Gasteiger partial charge >= 0.3 is 0 Å². The van der Waals surface area contributed by atoms with Crippen molar-refractivity contribution in [3.05, 3.63) is 34.2 Å². The van der Waals surface area contributed by atoms with Crippen molar-refractivity contribution in [1.29, 1.82) is 0 Å². The monoisotopic (exact) mass is 378 g/mol. The average molecular weight is 378 g/mol. The van der Waals surface area contributed by atoms with Crippen molar-refractivity contribution in [1.82, 2.24) is 9.97 Å². The molecular formula is C21H28F2N2O2. The summed E-state index contributed by atoms with van der Waals surface area (Å²) in [4.78, 5) is 19.6. The van der Waals surface area contributed by atoms with Gasteiger partial charge in [-0.05, 0) is 30.4 Å². The summed E-state index contributed by atoms with van der Waals surface area (Å²) < 4.78 is 32.7. The summed E-state index contributed by atoms with van der Waals surface area (Å²) in [5.41, 5.74) is 0.720. The molecule has 0 radical (unpaired) electrons. The van der Waals surface area contributed by atoms with Gasteiger partial charge in [0.1, 0.15) is 11.4 Å². The highest BCUT2D eigenvalue weighted by Crippen LogP contribution is 2.32. The Hall–Kier alpha value is -1.98. The first kappa shape index (κ1) is 19.8. The van der Waals surface area contributed by atoms with Crippen molar-refractivity contribution in [3.8, 4) is 5.75 Å². The molecule has 27 heavy (non-hydrogen) atoms. The van der Waals surface area contributed by atoms with E-state index in [9.17, 15) is 13.6 Å². The normalized spacial score (nSPS) is 17.3. The Kier molecular flexibility index (Phi) is 6.80. The molecular weight excluding hydrogens is 350 g/mol. The maximum absolute atomic E-state index is 13.8. The van der Waals surface area contributed by atoms with E-state index in [1.165, 1.54) is 32.8 Å². The minimum absolute atomic E-state index is 0.0960. The van der Waals surface area contributed by atoms with E-state index in [2.05, 4.69) is 9.97 Å². The molecule has 2 atom stereocenters. The number of fused-ring (bicyclic) bond motifs is 1. The number of hydrogen-bond acceptors (Lipinski definition) is 3. The molecule has 1 saturated carbocycles. The van der Waals surface area contributed by atoms with Crippen LogP contribution in [0.25, 0.3) is 11.0 Å². The number of nitrogens with one attached hydrogen (secondary N) is 1. The lowest BCUT2D eigenvalue weighted by Gasteiger charge is -2.22. The number of rotatable bonds is 9. The molecule has 4 nitrogen and oxygen atoms in total. The number of aromatic nitrogens is 2. The van der Waals surface area contributed by atoms with E-state index in [1.54, 1.807) is 18.2 Å². The van der Waals surface area contributed by atoms with Crippen molar-refractivity contribution in [2.75, 3.05) is 20.5 Å². The molecule has 148 valence electrons. The fourth-order valence-corrected chi connectivity index (χ4v) is 4.23. The maximum Gasteiger partial charge on any atom is 0.270 e. The van der Waals surface area contributed by atoms with Crippen LogP contribution < -0.4 is 10.3 Å². The second kappa shape index (κ2) is 9.29. The van der Waals surface area contributed by atoms with Gasteiger partial charge in [0, 0.05) is 12.0 Å². The zero-order valence-electron chi connectivity index (χ0n) is 15.8. The van der Waals surface area contributed by atoms with E-state index in [1.807, 2.05) is 0 Å². The molecule has 0 saturated heterocycles. The molecule has 6 heteroatoms. The standard InChI is InChI=1S/C21H28F2N2O2/c1-27-16-9-10-18-19(11-16)25-21(26)20(24-18)17(13-23)15(12-22)8-4-7-14-5-2-3-6-14/h9-11,14-15,17H,2-8,12-13H2,1H3,(H,25,26). The molecule has 2 aromatic rings. The second-order valence-corrected chi connectivity index (χ2v) is 7.59. The van der Waals surface area contributed by atoms with Crippen molar-refractivity contribution in [2.45, 2.75) is 50.9 Å². The molecule has 1 N–H and O–H groups in total. The van der Waals surface area contributed by atoms with Crippen LogP contribution >= 0.6 is 0 Å². The van der Waals surface area contributed by atoms with Gasteiger partial charge in [0.05, 0.1) is 31.5 Å². The first-order valence-electron chi connectivity index (χ1n) is 9.86. The fraction of sp³-hybridized carbons (Fsp3) is 0.619.